The maximum absolute atomic E-state index is 12.6. The van der Waals surface area contributed by atoms with Gasteiger partial charge < -0.3 is 10.6 Å². The van der Waals surface area contributed by atoms with E-state index in [-0.39, 0.29) is 18.2 Å². The zero-order valence-electron chi connectivity index (χ0n) is 15.5. The van der Waals surface area contributed by atoms with Crippen LogP contribution in [0.2, 0.25) is 5.02 Å². The predicted octanol–water partition coefficient (Wildman–Crippen LogP) is 4.34. The van der Waals surface area contributed by atoms with E-state index in [1.807, 2.05) is 50.2 Å². The van der Waals surface area contributed by atoms with Crippen molar-refractivity contribution in [2.45, 2.75) is 26.3 Å². The summed E-state index contributed by atoms with van der Waals surface area (Å²) in [6.45, 7) is 3.90. The molecule has 2 aromatic carbocycles. The standard InChI is InChI=1S/C21H19ClN4O2/c1-12-6-7-13(2)17(8-12)24-19(27)10-18-21(28)25-20-16(11-23-26(18)20)14-4-3-5-15(22)9-14/h3-9,11,18H,10H2,1-2H3,(H,24,27)(H,25,28). The largest absolute Gasteiger partial charge is 0.326 e. The van der Waals surface area contributed by atoms with E-state index in [1.54, 1.807) is 16.9 Å². The maximum atomic E-state index is 12.6. The zero-order valence-corrected chi connectivity index (χ0v) is 16.2. The molecule has 2 heterocycles. The number of aromatic nitrogens is 2. The molecule has 0 bridgehead atoms. The fourth-order valence-corrected chi connectivity index (χ4v) is 3.52. The molecule has 1 aliphatic rings. The lowest BCUT2D eigenvalue weighted by molar-refractivity contribution is -0.123. The Morgan fingerprint density at radius 3 is 2.86 bits per heavy atom. The van der Waals surface area contributed by atoms with E-state index in [2.05, 4.69) is 15.7 Å². The molecule has 1 unspecified atom stereocenters. The van der Waals surface area contributed by atoms with Crippen LogP contribution < -0.4 is 10.6 Å². The summed E-state index contributed by atoms with van der Waals surface area (Å²) in [5.41, 5.74) is 4.41. The Hall–Kier alpha value is -3.12. The van der Waals surface area contributed by atoms with Gasteiger partial charge in [0.2, 0.25) is 5.91 Å². The van der Waals surface area contributed by atoms with Gasteiger partial charge in [-0.2, -0.15) is 5.10 Å². The van der Waals surface area contributed by atoms with Gasteiger partial charge in [-0.15, -0.1) is 0 Å². The van der Waals surface area contributed by atoms with Gasteiger partial charge in [-0.05, 0) is 48.7 Å². The van der Waals surface area contributed by atoms with Gasteiger partial charge in [0.25, 0.3) is 5.91 Å². The zero-order chi connectivity index (χ0) is 19.8. The molecule has 0 fully saturated rings. The van der Waals surface area contributed by atoms with Gasteiger partial charge in [0.1, 0.15) is 11.9 Å². The minimum Gasteiger partial charge on any atom is -0.326 e. The van der Waals surface area contributed by atoms with Gasteiger partial charge in [0.05, 0.1) is 12.6 Å². The molecule has 0 saturated carbocycles. The first kappa shape index (κ1) is 18.3. The molecule has 28 heavy (non-hydrogen) atoms. The summed E-state index contributed by atoms with van der Waals surface area (Å²) in [5, 5.41) is 10.7. The van der Waals surface area contributed by atoms with Crippen LogP contribution in [0.3, 0.4) is 0 Å². The molecule has 4 rings (SSSR count). The molecule has 0 saturated heterocycles. The summed E-state index contributed by atoms with van der Waals surface area (Å²) in [5.74, 6) is 0.0980. The van der Waals surface area contributed by atoms with Crippen LogP contribution in [0.15, 0.2) is 48.7 Å². The number of aryl methyl sites for hydroxylation is 2. The number of carbonyl (C=O) groups is 2. The highest BCUT2D eigenvalue weighted by Crippen LogP contribution is 2.36. The van der Waals surface area contributed by atoms with Crippen LogP contribution >= 0.6 is 11.6 Å². The van der Waals surface area contributed by atoms with Crippen molar-refractivity contribution >= 4 is 34.9 Å². The number of anilines is 2. The molecular formula is C21H19ClN4O2. The van der Waals surface area contributed by atoms with Crippen LogP contribution in [0, 0.1) is 13.8 Å². The average Bonchev–Trinajstić information content (AvgIpc) is 3.18. The number of nitrogens with zero attached hydrogens (tertiary/aromatic N) is 2. The highest BCUT2D eigenvalue weighted by atomic mass is 35.5. The molecule has 3 aromatic rings. The second-order valence-electron chi connectivity index (χ2n) is 6.94. The molecule has 0 spiro atoms. The Kier molecular flexibility index (Phi) is 4.65. The Morgan fingerprint density at radius 2 is 2.07 bits per heavy atom. The van der Waals surface area contributed by atoms with Gasteiger partial charge >= 0.3 is 0 Å². The molecule has 1 atom stereocenters. The third-order valence-corrected chi connectivity index (χ3v) is 5.05. The minimum atomic E-state index is -0.687. The highest BCUT2D eigenvalue weighted by molar-refractivity contribution is 6.30. The molecule has 0 aliphatic carbocycles. The maximum Gasteiger partial charge on any atom is 0.251 e. The molecule has 1 aliphatic heterocycles. The van der Waals surface area contributed by atoms with Gasteiger partial charge in [-0.1, -0.05) is 35.9 Å². The minimum absolute atomic E-state index is 0.00286. The number of nitrogens with one attached hydrogen (secondary N) is 2. The number of fused-ring (bicyclic) bond motifs is 1. The highest BCUT2D eigenvalue weighted by Gasteiger charge is 2.35. The number of carbonyl (C=O) groups excluding carboxylic acids is 2. The topological polar surface area (TPSA) is 76.0 Å². The number of hydrogen-bond acceptors (Lipinski definition) is 3. The SMILES string of the molecule is Cc1ccc(C)c(NC(=O)CC2C(=O)Nc3c(-c4cccc(Cl)c4)cnn32)c1. The van der Waals surface area contributed by atoms with E-state index in [9.17, 15) is 9.59 Å². The predicted molar refractivity (Wildman–Crippen MR) is 110 cm³/mol. The molecule has 0 radical (unpaired) electrons. The Balaban J connectivity index is 1.55. The second-order valence-corrected chi connectivity index (χ2v) is 7.37. The van der Waals surface area contributed by atoms with Crippen LogP contribution in [-0.2, 0) is 9.59 Å². The van der Waals surface area contributed by atoms with Crippen LogP contribution in [0.1, 0.15) is 23.6 Å². The lowest BCUT2D eigenvalue weighted by Crippen LogP contribution is -2.23. The number of hydrogen-bond donors (Lipinski definition) is 2. The summed E-state index contributed by atoms with van der Waals surface area (Å²) in [6, 6.07) is 12.5. The fraction of sp³-hybridized carbons (Fsp3) is 0.190. The van der Waals surface area contributed by atoms with Crippen LogP contribution in [-0.4, -0.2) is 21.6 Å². The number of rotatable bonds is 4. The summed E-state index contributed by atoms with van der Waals surface area (Å²) in [6.07, 6.45) is 1.68. The van der Waals surface area contributed by atoms with Gasteiger partial charge in [0, 0.05) is 16.3 Å². The van der Waals surface area contributed by atoms with E-state index >= 15 is 0 Å². The van der Waals surface area contributed by atoms with Crippen molar-refractivity contribution in [3.05, 3.63) is 64.8 Å². The molecule has 2 amide bonds. The third kappa shape index (κ3) is 3.39. The van der Waals surface area contributed by atoms with Gasteiger partial charge in [-0.25, -0.2) is 4.68 Å². The summed E-state index contributed by atoms with van der Waals surface area (Å²) in [4.78, 5) is 25.0. The fourth-order valence-electron chi connectivity index (χ4n) is 3.33. The normalized spacial score (nSPS) is 15.2. The van der Waals surface area contributed by atoms with E-state index < -0.39 is 6.04 Å². The van der Waals surface area contributed by atoms with Crippen molar-refractivity contribution in [3.63, 3.8) is 0 Å². The first-order valence-corrected chi connectivity index (χ1v) is 9.31. The molecule has 1 aromatic heterocycles. The molecule has 2 N–H and O–H groups in total. The lowest BCUT2D eigenvalue weighted by Gasteiger charge is -2.12. The van der Waals surface area contributed by atoms with Crippen molar-refractivity contribution in [1.82, 2.24) is 9.78 Å². The number of halogens is 1. The Morgan fingerprint density at radius 1 is 1.25 bits per heavy atom. The summed E-state index contributed by atoms with van der Waals surface area (Å²) >= 11 is 6.07. The average molecular weight is 395 g/mol. The number of benzene rings is 2. The lowest BCUT2D eigenvalue weighted by atomic mass is 10.1. The Bertz CT molecular complexity index is 1090. The Labute approximate surface area is 167 Å². The first-order valence-electron chi connectivity index (χ1n) is 8.94. The van der Waals surface area contributed by atoms with Crippen LogP contribution in [0.5, 0.6) is 0 Å². The summed E-state index contributed by atoms with van der Waals surface area (Å²) in [7, 11) is 0. The van der Waals surface area contributed by atoms with Crippen molar-refractivity contribution in [3.8, 4) is 11.1 Å². The van der Waals surface area contributed by atoms with E-state index in [1.165, 1.54) is 0 Å². The molecule has 142 valence electrons. The third-order valence-electron chi connectivity index (χ3n) is 4.82. The van der Waals surface area contributed by atoms with E-state index in [4.69, 9.17) is 11.6 Å². The monoisotopic (exact) mass is 394 g/mol. The summed E-state index contributed by atoms with van der Waals surface area (Å²) < 4.78 is 1.57. The molecular weight excluding hydrogens is 376 g/mol. The second kappa shape index (κ2) is 7.13. The van der Waals surface area contributed by atoms with Crippen LogP contribution in [0.4, 0.5) is 11.5 Å². The van der Waals surface area contributed by atoms with E-state index in [0.717, 1.165) is 27.9 Å². The van der Waals surface area contributed by atoms with E-state index in [0.29, 0.717) is 10.8 Å². The van der Waals surface area contributed by atoms with Crippen LogP contribution in [0.25, 0.3) is 11.1 Å². The molecule has 7 heteroatoms. The number of amides is 2. The van der Waals surface area contributed by atoms with Crippen molar-refractivity contribution < 1.29 is 9.59 Å². The quantitative estimate of drug-likeness (QED) is 0.691. The molecule has 6 nitrogen and oxygen atoms in total. The van der Waals surface area contributed by atoms with Gasteiger partial charge in [0.15, 0.2) is 0 Å². The van der Waals surface area contributed by atoms with Crippen molar-refractivity contribution in [1.29, 1.82) is 0 Å². The van der Waals surface area contributed by atoms with Crippen molar-refractivity contribution in [2.75, 3.05) is 10.6 Å². The smallest absolute Gasteiger partial charge is 0.251 e. The van der Waals surface area contributed by atoms with Gasteiger partial charge in [-0.3, -0.25) is 9.59 Å². The van der Waals surface area contributed by atoms with Crippen molar-refractivity contribution in [2.24, 2.45) is 0 Å². The first-order chi connectivity index (χ1) is 13.4.